The Hall–Kier alpha value is -3.17. The summed E-state index contributed by atoms with van der Waals surface area (Å²) in [5.41, 5.74) is 5.28. The van der Waals surface area contributed by atoms with Crippen LogP contribution in [-0.2, 0) is 4.74 Å². The van der Waals surface area contributed by atoms with Crippen molar-refractivity contribution in [1.29, 1.82) is 0 Å². The molecule has 36 heavy (non-hydrogen) atoms. The minimum absolute atomic E-state index is 0.241. The van der Waals surface area contributed by atoms with Crippen LogP contribution in [0.2, 0.25) is 0 Å². The second kappa shape index (κ2) is 15.1. The van der Waals surface area contributed by atoms with E-state index in [0.717, 1.165) is 48.1 Å². The number of benzene rings is 3. The predicted octanol–water partition coefficient (Wildman–Crippen LogP) is 9.50. The van der Waals surface area contributed by atoms with E-state index in [9.17, 15) is 4.39 Å². The predicted molar refractivity (Wildman–Crippen MR) is 151 cm³/mol. The maximum absolute atomic E-state index is 14.3. The minimum Gasteiger partial charge on any atom is -0.486 e. The van der Waals surface area contributed by atoms with Crippen molar-refractivity contribution in [3.63, 3.8) is 0 Å². The first-order chi connectivity index (χ1) is 17.6. The summed E-state index contributed by atoms with van der Waals surface area (Å²) >= 11 is 0. The maximum Gasteiger partial charge on any atom is 0.165 e. The molecule has 0 fully saturated rings. The summed E-state index contributed by atoms with van der Waals surface area (Å²) < 4.78 is 25.5. The number of hydrogen-bond donors (Lipinski definition) is 0. The number of rotatable bonds is 15. The van der Waals surface area contributed by atoms with Crippen LogP contribution >= 0.6 is 0 Å². The zero-order valence-electron chi connectivity index (χ0n) is 21.7. The van der Waals surface area contributed by atoms with Gasteiger partial charge in [-0.2, -0.15) is 0 Å². The fourth-order valence-electron chi connectivity index (χ4n) is 4.05. The van der Waals surface area contributed by atoms with E-state index in [2.05, 4.69) is 69.0 Å². The lowest BCUT2D eigenvalue weighted by Gasteiger charge is -2.12. The molecule has 0 radical (unpaired) electrons. The van der Waals surface area contributed by atoms with E-state index in [4.69, 9.17) is 9.47 Å². The second-order valence-corrected chi connectivity index (χ2v) is 9.17. The average molecular weight is 487 g/mol. The summed E-state index contributed by atoms with van der Waals surface area (Å²) in [6.45, 7) is 9.15. The summed E-state index contributed by atoms with van der Waals surface area (Å²) in [4.78, 5) is 0. The number of ether oxygens (including phenoxy) is 2. The fourth-order valence-corrected chi connectivity index (χ4v) is 4.05. The van der Waals surface area contributed by atoms with Crippen LogP contribution in [0.15, 0.2) is 85.5 Å². The number of unbranched alkanes of at least 4 members (excludes halogenated alkanes) is 3. The number of hydrogen-bond acceptors (Lipinski definition) is 2. The third kappa shape index (κ3) is 8.80. The Morgan fingerprint density at radius 1 is 0.861 bits per heavy atom. The summed E-state index contributed by atoms with van der Waals surface area (Å²) in [6, 6.07) is 21.8. The van der Waals surface area contributed by atoms with Gasteiger partial charge >= 0.3 is 0 Å². The first-order valence-electron chi connectivity index (χ1n) is 13.1. The Kier molecular flexibility index (Phi) is 11.5. The average Bonchev–Trinajstić information content (AvgIpc) is 2.91. The van der Waals surface area contributed by atoms with E-state index in [1.165, 1.54) is 30.9 Å². The molecule has 190 valence electrons. The Bertz CT molecular complexity index is 1080. The molecular formula is C33H39FO2. The fraction of sp³-hybridized carbons (Fsp3) is 0.333. The molecule has 3 aromatic carbocycles. The summed E-state index contributed by atoms with van der Waals surface area (Å²) in [5.74, 6) is -0.127. The highest BCUT2D eigenvalue weighted by Gasteiger charge is 2.07. The van der Waals surface area contributed by atoms with Gasteiger partial charge in [0.05, 0.1) is 6.10 Å². The standard InChI is InChI=1S/C33H39FO2/c1-4-6-10-24-35-26(3)11-8-7-9-12-27-13-15-28(16-14-27)29-17-19-30(20-18-29)31-21-22-33(32(34)25-31)36-23-5-2/h5,9,12-22,25-26H,2,4,6-8,10-11,23-24H2,1,3H3. The second-order valence-electron chi connectivity index (χ2n) is 9.17. The van der Waals surface area contributed by atoms with Gasteiger partial charge in [0.25, 0.3) is 0 Å². The SMILES string of the molecule is C=CCOc1ccc(-c2ccc(-c3ccc(C=CCCCC(C)OCCCCC)cc3)cc2)cc1F. The normalized spacial score (nSPS) is 12.1. The van der Waals surface area contributed by atoms with Crippen LogP contribution in [0.1, 0.15) is 57.9 Å². The number of allylic oxidation sites excluding steroid dienone is 1. The van der Waals surface area contributed by atoms with E-state index in [1.807, 2.05) is 18.2 Å². The van der Waals surface area contributed by atoms with Gasteiger partial charge < -0.3 is 9.47 Å². The Labute approximate surface area is 216 Å². The monoisotopic (exact) mass is 486 g/mol. The Morgan fingerprint density at radius 2 is 1.50 bits per heavy atom. The quantitative estimate of drug-likeness (QED) is 0.157. The third-order valence-corrected chi connectivity index (χ3v) is 6.19. The highest BCUT2D eigenvalue weighted by molar-refractivity contribution is 5.71. The number of halogens is 1. The zero-order valence-corrected chi connectivity index (χ0v) is 21.7. The van der Waals surface area contributed by atoms with E-state index in [-0.39, 0.29) is 18.2 Å². The van der Waals surface area contributed by atoms with Gasteiger partial charge in [0.1, 0.15) is 6.61 Å². The van der Waals surface area contributed by atoms with Crippen molar-refractivity contribution < 1.29 is 13.9 Å². The molecule has 1 atom stereocenters. The Balaban J connectivity index is 1.49. The van der Waals surface area contributed by atoms with Gasteiger partial charge in [-0.25, -0.2) is 4.39 Å². The van der Waals surface area contributed by atoms with Gasteiger partial charge in [-0.3, -0.25) is 0 Å². The van der Waals surface area contributed by atoms with E-state index < -0.39 is 0 Å². The smallest absolute Gasteiger partial charge is 0.165 e. The third-order valence-electron chi connectivity index (χ3n) is 6.19. The van der Waals surface area contributed by atoms with Crippen molar-refractivity contribution in [2.75, 3.05) is 13.2 Å². The van der Waals surface area contributed by atoms with Crippen LogP contribution in [-0.4, -0.2) is 19.3 Å². The van der Waals surface area contributed by atoms with Gasteiger partial charge in [-0.1, -0.05) is 99.2 Å². The molecule has 0 aromatic heterocycles. The molecule has 0 saturated heterocycles. The highest BCUT2D eigenvalue weighted by Crippen LogP contribution is 2.28. The van der Waals surface area contributed by atoms with Crippen molar-refractivity contribution in [3.8, 4) is 28.0 Å². The maximum atomic E-state index is 14.3. The first kappa shape index (κ1) is 27.4. The molecule has 0 heterocycles. The first-order valence-corrected chi connectivity index (χ1v) is 13.1. The highest BCUT2D eigenvalue weighted by atomic mass is 19.1. The Morgan fingerprint density at radius 3 is 2.14 bits per heavy atom. The van der Waals surface area contributed by atoms with Crippen molar-refractivity contribution in [1.82, 2.24) is 0 Å². The van der Waals surface area contributed by atoms with Crippen LogP contribution in [0.4, 0.5) is 4.39 Å². The van der Waals surface area contributed by atoms with Crippen LogP contribution in [0.25, 0.3) is 28.3 Å². The van der Waals surface area contributed by atoms with Gasteiger partial charge in [0.2, 0.25) is 0 Å². The van der Waals surface area contributed by atoms with Crippen LogP contribution in [0, 0.1) is 5.82 Å². The lowest BCUT2D eigenvalue weighted by molar-refractivity contribution is 0.0566. The molecule has 1 unspecified atom stereocenters. The molecule has 3 aromatic rings. The molecule has 0 aliphatic rings. The zero-order chi connectivity index (χ0) is 25.6. The van der Waals surface area contributed by atoms with Crippen LogP contribution < -0.4 is 4.74 Å². The van der Waals surface area contributed by atoms with E-state index in [0.29, 0.717) is 6.10 Å². The molecule has 2 nitrogen and oxygen atoms in total. The topological polar surface area (TPSA) is 18.5 Å². The van der Waals surface area contributed by atoms with E-state index in [1.54, 1.807) is 12.1 Å². The molecule has 0 N–H and O–H groups in total. The molecule has 0 bridgehead atoms. The lowest BCUT2D eigenvalue weighted by Crippen LogP contribution is -2.08. The molecule has 0 saturated carbocycles. The summed E-state index contributed by atoms with van der Waals surface area (Å²) in [7, 11) is 0. The van der Waals surface area contributed by atoms with Crippen molar-refractivity contribution in [2.45, 2.75) is 58.5 Å². The van der Waals surface area contributed by atoms with Gasteiger partial charge in [0, 0.05) is 6.61 Å². The van der Waals surface area contributed by atoms with Crippen molar-refractivity contribution >= 4 is 6.08 Å². The molecule has 0 aliphatic heterocycles. The van der Waals surface area contributed by atoms with Gasteiger partial charge in [0.15, 0.2) is 11.6 Å². The molecule has 3 heteroatoms. The van der Waals surface area contributed by atoms with Gasteiger partial charge in [-0.15, -0.1) is 0 Å². The van der Waals surface area contributed by atoms with Crippen molar-refractivity contribution in [3.05, 3.63) is 96.8 Å². The molecule has 0 spiro atoms. The molecule has 0 amide bonds. The van der Waals surface area contributed by atoms with Crippen LogP contribution in [0.3, 0.4) is 0 Å². The molecule has 0 aliphatic carbocycles. The van der Waals surface area contributed by atoms with Crippen molar-refractivity contribution in [2.24, 2.45) is 0 Å². The summed E-state index contributed by atoms with van der Waals surface area (Å²) in [5, 5.41) is 0. The lowest BCUT2D eigenvalue weighted by atomic mass is 9.99. The van der Waals surface area contributed by atoms with Crippen LogP contribution in [0.5, 0.6) is 5.75 Å². The van der Waals surface area contributed by atoms with E-state index >= 15 is 0 Å². The minimum atomic E-state index is -0.368. The molecular weight excluding hydrogens is 447 g/mol. The van der Waals surface area contributed by atoms with Gasteiger partial charge in [-0.05, 0) is 72.6 Å². The largest absolute Gasteiger partial charge is 0.486 e. The summed E-state index contributed by atoms with van der Waals surface area (Å²) in [6.07, 6.45) is 13.4. The molecule has 3 rings (SSSR count).